The van der Waals surface area contributed by atoms with Gasteiger partial charge in [0.05, 0.1) is 22.9 Å². The van der Waals surface area contributed by atoms with Gasteiger partial charge in [-0.3, -0.25) is 14.5 Å². The van der Waals surface area contributed by atoms with Crippen LogP contribution in [0.2, 0.25) is 0 Å². The molecule has 1 unspecified atom stereocenters. The van der Waals surface area contributed by atoms with Crippen LogP contribution in [0.3, 0.4) is 0 Å². The largest absolute Gasteiger partial charge is 0.368 e. The van der Waals surface area contributed by atoms with Crippen LogP contribution in [0.15, 0.2) is 47.6 Å². The Morgan fingerprint density at radius 1 is 1.11 bits per heavy atom. The Labute approximate surface area is 208 Å². The SMILES string of the molecule is CC(C(=O)NC(C)(C)C)n1cc(-c2nc(C3(c4ccc(-c5cnc(N)nc5)nc4)CCC3)no2)cn1. The van der Waals surface area contributed by atoms with Crippen molar-refractivity contribution in [3.05, 3.63) is 54.5 Å². The summed E-state index contributed by atoms with van der Waals surface area (Å²) in [6.45, 7) is 7.63. The lowest BCUT2D eigenvalue weighted by Gasteiger charge is -2.39. The predicted octanol–water partition coefficient (Wildman–Crippen LogP) is 3.31. The van der Waals surface area contributed by atoms with E-state index in [2.05, 4.69) is 30.5 Å². The third-order valence-electron chi connectivity index (χ3n) is 6.47. The fourth-order valence-electron chi connectivity index (χ4n) is 4.28. The van der Waals surface area contributed by atoms with Crippen molar-refractivity contribution < 1.29 is 9.32 Å². The first kappa shape index (κ1) is 23.6. The van der Waals surface area contributed by atoms with E-state index in [1.54, 1.807) is 36.4 Å². The van der Waals surface area contributed by atoms with E-state index in [0.29, 0.717) is 17.3 Å². The normalized spacial score (nSPS) is 15.8. The van der Waals surface area contributed by atoms with Crippen LogP contribution in [-0.4, -0.2) is 46.3 Å². The van der Waals surface area contributed by atoms with Crippen LogP contribution in [0, 0.1) is 0 Å². The second-order valence-corrected chi connectivity index (χ2v) is 10.2. The number of nitrogen functional groups attached to an aromatic ring is 1. The number of hydrogen-bond donors (Lipinski definition) is 2. The summed E-state index contributed by atoms with van der Waals surface area (Å²) >= 11 is 0. The van der Waals surface area contributed by atoms with Crippen LogP contribution in [0.1, 0.15) is 64.4 Å². The number of aromatic nitrogens is 7. The van der Waals surface area contributed by atoms with Crippen molar-refractivity contribution >= 4 is 11.9 Å². The van der Waals surface area contributed by atoms with Gasteiger partial charge in [0.1, 0.15) is 6.04 Å². The van der Waals surface area contributed by atoms with Crippen molar-refractivity contribution in [1.29, 1.82) is 0 Å². The molecule has 1 saturated carbocycles. The van der Waals surface area contributed by atoms with Crippen molar-refractivity contribution in [1.82, 2.24) is 40.2 Å². The van der Waals surface area contributed by atoms with E-state index in [1.807, 2.05) is 39.1 Å². The summed E-state index contributed by atoms with van der Waals surface area (Å²) in [5.74, 6) is 1.11. The van der Waals surface area contributed by atoms with E-state index < -0.39 is 6.04 Å². The van der Waals surface area contributed by atoms with Gasteiger partial charge in [0.15, 0.2) is 5.82 Å². The molecule has 1 aliphatic carbocycles. The lowest BCUT2D eigenvalue weighted by molar-refractivity contribution is -0.125. The monoisotopic (exact) mass is 487 g/mol. The topological polar surface area (TPSA) is 151 Å². The van der Waals surface area contributed by atoms with Gasteiger partial charge in [-0.15, -0.1) is 0 Å². The predicted molar refractivity (Wildman–Crippen MR) is 132 cm³/mol. The maximum Gasteiger partial charge on any atom is 0.261 e. The average molecular weight is 488 g/mol. The molecule has 4 aromatic rings. The molecule has 1 amide bonds. The van der Waals surface area contributed by atoms with Gasteiger partial charge in [-0.05, 0) is 52.2 Å². The van der Waals surface area contributed by atoms with Crippen LogP contribution in [0.5, 0.6) is 0 Å². The molecule has 1 atom stereocenters. The van der Waals surface area contributed by atoms with Gasteiger partial charge >= 0.3 is 0 Å². The minimum Gasteiger partial charge on any atom is -0.368 e. The first-order valence-corrected chi connectivity index (χ1v) is 11.9. The molecule has 4 heterocycles. The van der Waals surface area contributed by atoms with Crippen LogP contribution in [0.4, 0.5) is 5.95 Å². The molecule has 0 spiro atoms. The van der Waals surface area contributed by atoms with Gasteiger partial charge in [-0.2, -0.15) is 10.1 Å². The van der Waals surface area contributed by atoms with Crippen molar-refractivity contribution in [3.8, 4) is 22.7 Å². The molecule has 1 fully saturated rings. The fraction of sp³-hybridized carbons (Fsp3) is 0.400. The molecule has 3 N–H and O–H groups in total. The minimum absolute atomic E-state index is 0.113. The minimum atomic E-state index is -0.477. The highest BCUT2D eigenvalue weighted by Crippen LogP contribution is 2.48. The number of hydrogen-bond acceptors (Lipinski definition) is 9. The van der Waals surface area contributed by atoms with E-state index in [0.717, 1.165) is 36.1 Å². The molecule has 11 heteroatoms. The number of pyridine rings is 1. The number of carbonyl (C=O) groups is 1. The molecule has 0 radical (unpaired) electrons. The molecule has 1 aliphatic rings. The van der Waals surface area contributed by atoms with Crippen molar-refractivity contribution in [3.63, 3.8) is 0 Å². The van der Waals surface area contributed by atoms with E-state index in [-0.39, 0.29) is 22.8 Å². The molecule has 36 heavy (non-hydrogen) atoms. The Morgan fingerprint density at radius 3 is 2.47 bits per heavy atom. The van der Waals surface area contributed by atoms with Gasteiger partial charge in [0.2, 0.25) is 11.9 Å². The zero-order valence-electron chi connectivity index (χ0n) is 20.8. The first-order chi connectivity index (χ1) is 17.1. The number of carbonyl (C=O) groups excluding carboxylic acids is 1. The molecule has 0 saturated heterocycles. The number of nitrogens with one attached hydrogen (secondary N) is 1. The third-order valence-corrected chi connectivity index (χ3v) is 6.47. The molecule has 5 rings (SSSR count). The smallest absolute Gasteiger partial charge is 0.261 e. The average Bonchev–Trinajstić information content (AvgIpc) is 3.48. The van der Waals surface area contributed by atoms with Gasteiger partial charge in [0, 0.05) is 35.9 Å². The van der Waals surface area contributed by atoms with Crippen molar-refractivity contribution in [2.45, 2.75) is 64.0 Å². The molecule has 0 bridgehead atoms. The zero-order chi connectivity index (χ0) is 25.5. The van der Waals surface area contributed by atoms with Crippen molar-refractivity contribution in [2.24, 2.45) is 0 Å². The van der Waals surface area contributed by atoms with E-state index in [1.165, 1.54) is 0 Å². The highest BCUT2D eigenvalue weighted by molar-refractivity contribution is 5.80. The maximum absolute atomic E-state index is 12.5. The second-order valence-electron chi connectivity index (χ2n) is 10.2. The number of anilines is 1. The van der Waals surface area contributed by atoms with Gasteiger partial charge < -0.3 is 15.6 Å². The van der Waals surface area contributed by atoms with Crippen LogP contribution < -0.4 is 11.1 Å². The maximum atomic E-state index is 12.5. The quantitative estimate of drug-likeness (QED) is 0.417. The molecule has 4 aromatic heterocycles. The first-order valence-electron chi connectivity index (χ1n) is 11.9. The Bertz CT molecular complexity index is 1360. The highest BCUT2D eigenvalue weighted by atomic mass is 16.5. The Kier molecular flexibility index (Phi) is 5.77. The van der Waals surface area contributed by atoms with Crippen molar-refractivity contribution in [2.75, 3.05) is 5.73 Å². The molecule has 0 aliphatic heterocycles. The summed E-state index contributed by atoms with van der Waals surface area (Å²) < 4.78 is 7.23. The molecule has 186 valence electrons. The summed E-state index contributed by atoms with van der Waals surface area (Å²) in [5.41, 5.74) is 8.16. The molecule has 11 nitrogen and oxygen atoms in total. The number of nitrogens with two attached hydrogens (primary N) is 1. The Hall–Kier alpha value is -4.15. The standard InChI is InChI=1S/C25H29N9O2/c1-15(20(35)32-24(2,3)4)34-14-17(12-30-34)21-31-22(33-36-21)25(8-5-9-25)18-6-7-19(27-13-18)16-10-28-23(26)29-11-16/h6-7,10-15H,5,8-9H2,1-4H3,(H,32,35)(H2,26,28,29). The number of rotatable bonds is 6. The second kappa shape index (κ2) is 8.81. The molecule has 0 aromatic carbocycles. The summed E-state index contributed by atoms with van der Waals surface area (Å²) in [5, 5.41) is 11.6. The number of amides is 1. The van der Waals surface area contributed by atoms with Crippen LogP contribution in [-0.2, 0) is 10.2 Å². The third kappa shape index (κ3) is 4.43. The Morgan fingerprint density at radius 2 is 1.86 bits per heavy atom. The lowest BCUT2D eigenvalue weighted by atomic mass is 9.64. The van der Waals surface area contributed by atoms with Gasteiger partial charge in [-0.1, -0.05) is 17.6 Å². The lowest BCUT2D eigenvalue weighted by Crippen LogP contribution is -2.43. The van der Waals surface area contributed by atoms with Crippen LogP contribution >= 0.6 is 0 Å². The highest BCUT2D eigenvalue weighted by Gasteiger charge is 2.45. The number of nitrogens with zero attached hydrogens (tertiary/aromatic N) is 7. The van der Waals surface area contributed by atoms with E-state index >= 15 is 0 Å². The Balaban J connectivity index is 1.36. The summed E-state index contributed by atoms with van der Waals surface area (Å²) in [7, 11) is 0. The van der Waals surface area contributed by atoms with Gasteiger partial charge in [-0.25, -0.2) is 9.97 Å². The summed E-state index contributed by atoms with van der Waals surface area (Å²) in [6, 6.07) is 3.51. The fourth-order valence-corrected chi connectivity index (χ4v) is 4.28. The summed E-state index contributed by atoms with van der Waals surface area (Å²) in [4.78, 5) is 30.0. The zero-order valence-corrected chi connectivity index (χ0v) is 20.8. The summed E-state index contributed by atoms with van der Waals surface area (Å²) in [6.07, 6.45) is 11.4. The molecular weight excluding hydrogens is 458 g/mol. The van der Waals surface area contributed by atoms with Gasteiger partial charge in [0.25, 0.3) is 5.89 Å². The van der Waals surface area contributed by atoms with Crippen LogP contribution in [0.25, 0.3) is 22.7 Å². The van der Waals surface area contributed by atoms with E-state index in [9.17, 15) is 4.79 Å². The molecular formula is C25H29N9O2. The van der Waals surface area contributed by atoms with E-state index in [4.69, 9.17) is 15.2 Å².